The van der Waals surface area contributed by atoms with Gasteiger partial charge in [-0.25, -0.2) is 18.4 Å². The lowest BCUT2D eigenvalue weighted by atomic mass is 10.2. The topological polar surface area (TPSA) is 117 Å². The number of H-pyrrole nitrogens is 1. The molecule has 4 heterocycles. The van der Waals surface area contributed by atoms with Gasteiger partial charge >= 0.3 is 0 Å². The van der Waals surface area contributed by atoms with Gasteiger partial charge < -0.3 is 4.98 Å². The first kappa shape index (κ1) is 21.2. The average molecular weight is 492 g/mol. The summed E-state index contributed by atoms with van der Waals surface area (Å²) in [7, 11) is -3.57. The van der Waals surface area contributed by atoms with E-state index in [9.17, 15) is 13.2 Å². The molecule has 13 heteroatoms. The zero-order chi connectivity index (χ0) is 22.3. The molecule has 0 saturated carbocycles. The first-order chi connectivity index (χ1) is 15.4. The van der Waals surface area contributed by atoms with E-state index in [-0.39, 0.29) is 10.6 Å². The van der Waals surface area contributed by atoms with Crippen LogP contribution in [0.2, 0.25) is 5.02 Å². The van der Waals surface area contributed by atoms with Crippen LogP contribution in [0.5, 0.6) is 0 Å². The van der Waals surface area contributed by atoms with Gasteiger partial charge in [0.15, 0.2) is 5.03 Å². The fraction of sp³-hybridized carbons (Fsp3) is 0.263. The van der Waals surface area contributed by atoms with Crippen molar-refractivity contribution in [2.45, 2.75) is 11.6 Å². The second-order valence-electron chi connectivity index (χ2n) is 7.29. The lowest BCUT2D eigenvalue weighted by Crippen LogP contribution is -2.48. The van der Waals surface area contributed by atoms with Gasteiger partial charge in [0.1, 0.15) is 5.01 Å². The third kappa shape index (κ3) is 4.07. The van der Waals surface area contributed by atoms with Gasteiger partial charge in [0.05, 0.1) is 18.2 Å². The highest BCUT2D eigenvalue weighted by Gasteiger charge is 2.29. The Hall–Kier alpha value is -2.64. The third-order valence-corrected chi connectivity index (χ3v) is 8.23. The van der Waals surface area contributed by atoms with Crippen molar-refractivity contribution < 1.29 is 8.42 Å². The second kappa shape index (κ2) is 8.37. The zero-order valence-electron chi connectivity index (χ0n) is 16.7. The number of aromatic amines is 1. The van der Waals surface area contributed by atoms with E-state index in [1.807, 2.05) is 12.1 Å². The van der Waals surface area contributed by atoms with Crippen LogP contribution < -0.4 is 5.56 Å². The molecule has 3 aromatic heterocycles. The Morgan fingerprint density at radius 3 is 2.56 bits per heavy atom. The van der Waals surface area contributed by atoms with E-state index in [0.717, 1.165) is 5.56 Å². The summed E-state index contributed by atoms with van der Waals surface area (Å²) < 4.78 is 28.0. The zero-order valence-corrected chi connectivity index (χ0v) is 19.1. The van der Waals surface area contributed by atoms with Crippen molar-refractivity contribution in [1.82, 2.24) is 33.8 Å². The molecule has 1 aliphatic heterocycles. The minimum atomic E-state index is -3.57. The van der Waals surface area contributed by atoms with E-state index in [1.165, 1.54) is 38.7 Å². The van der Waals surface area contributed by atoms with E-state index >= 15 is 0 Å². The van der Waals surface area contributed by atoms with Crippen molar-refractivity contribution in [3.63, 3.8) is 0 Å². The van der Waals surface area contributed by atoms with Gasteiger partial charge in [-0.05, 0) is 12.1 Å². The number of benzene rings is 1. The highest BCUT2D eigenvalue weighted by molar-refractivity contribution is 7.89. The quantitative estimate of drug-likeness (QED) is 0.451. The summed E-state index contributed by atoms with van der Waals surface area (Å²) in [6, 6.07) is 8.73. The van der Waals surface area contributed by atoms with E-state index in [2.05, 4.69) is 25.0 Å². The number of hydrogen-bond donors (Lipinski definition) is 1. The first-order valence-corrected chi connectivity index (χ1v) is 12.4. The maximum absolute atomic E-state index is 12.6. The standard InChI is InChI=1S/C19H18ClN7O3S2/c20-14-3-1-13(2-4-14)18-24-27-17(28)9-15(23-19(27)31-18)11-25-5-7-26(8-6-25)32(29,30)16-10-21-12-22-16/h1-4,9-10,12H,5-8,11H2,(H,21,22). The summed E-state index contributed by atoms with van der Waals surface area (Å²) >= 11 is 7.28. The molecule has 0 aliphatic carbocycles. The average Bonchev–Trinajstić information content (AvgIpc) is 3.46. The Labute approximate surface area is 192 Å². The monoisotopic (exact) mass is 491 g/mol. The van der Waals surface area contributed by atoms with Crippen molar-refractivity contribution in [3.8, 4) is 10.6 Å². The van der Waals surface area contributed by atoms with Crippen LogP contribution in [0.25, 0.3) is 15.5 Å². The molecule has 166 valence electrons. The molecule has 1 N–H and O–H groups in total. The molecule has 1 aliphatic rings. The summed E-state index contributed by atoms with van der Waals surface area (Å²) in [5.41, 5.74) is 1.24. The molecule has 1 fully saturated rings. The molecular formula is C19H18ClN7O3S2. The molecule has 0 unspecified atom stereocenters. The number of aromatic nitrogens is 5. The molecular weight excluding hydrogens is 474 g/mol. The lowest BCUT2D eigenvalue weighted by molar-refractivity contribution is 0.179. The summed E-state index contributed by atoms with van der Waals surface area (Å²) in [5.74, 6) is 0. The van der Waals surface area contributed by atoms with Gasteiger partial charge in [-0.2, -0.15) is 13.9 Å². The fourth-order valence-corrected chi connectivity index (χ4v) is 5.90. The molecule has 0 bridgehead atoms. The summed E-state index contributed by atoms with van der Waals surface area (Å²) in [6.07, 6.45) is 2.66. The molecule has 0 radical (unpaired) electrons. The number of fused-ring (bicyclic) bond motifs is 1. The summed E-state index contributed by atoms with van der Waals surface area (Å²) in [4.78, 5) is 26.2. The van der Waals surface area contributed by atoms with Crippen LogP contribution >= 0.6 is 22.9 Å². The fourth-order valence-electron chi connectivity index (χ4n) is 3.53. The van der Waals surface area contributed by atoms with Crippen LogP contribution in [0.1, 0.15) is 5.69 Å². The van der Waals surface area contributed by atoms with Crippen LogP contribution in [-0.2, 0) is 16.6 Å². The van der Waals surface area contributed by atoms with Crippen LogP contribution in [0.15, 0.2) is 52.7 Å². The number of hydrogen-bond acceptors (Lipinski definition) is 8. The van der Waals surface area contributed by atoms with Crippen molar-refractivity contribution in [1.29, 1.82) is 0 Å². The Morgan fingerprint density at radius 1 is 1.12 bits per heavy atom. The largest absolute Gasteiger partial charge is 0.335 e. The number of nitrogens with one attached hydrogen (secondary N) is 1. The number of piperazine rings is 1. The van der Waals surface area contributed by atoms with Crippen LogP contribution in [0.3, 0.4) is 0 Å². The van der Waals surface area contributed by atoms with Crippen molar-refractivity contribution in [2.24, 2.45) is 0 Å². The summed E-state index contributed by atoms with van der Waals surface area (Å²) in [6.45, 7) is 2.23. The van der Waals surface area contributed by atoms with Gasteiger partial charge in [0.25, 0.3) is 15.6 Å². The molecule has 0 spiro atoms. The van der Waals surface area contributed by atoms with E-state index < -0.39 is 10.0 Å². The number of rotatable bonds is 5. The van der Waals surface area contributed by atoms with Gasteiger partial charge in [0.2, 0.25) is 4.96 Å². The molecule has 5 rings (SSSR count). The second-order valence-corrected chi connectivity index (χ2v) is 10.6. The van der Waals surface area contributed by atoms with Gasteiger partial charge in [-0.3, -0.25) is 9.69 Å². The van der Waals surface area contributed by atoms with E-state index in [1.54, 1.807) is 12.1 Å². The van der Waals surface area contributed by atoms with Gasteiger partial charge in [-0.15, -0.1) is 0 Å². The van der Waals surface area contributed by atoms with Gasteiger partial charge in [0, 0.05) is 49.4 Å². The molecule has 1 saturated heterocycles. The van der Waals surface area contributed by atoms with E-state index in [4.69, 9.17) is 11.6 Å². The predicted molar refractivity (Wildman–Crippen MR) is 120 cm³/mol. The third-order valence-electron chi connectivity index (χ3n) is 5.20. The lowest BCUT2D eigenvalue weighted by Gasteiger charge is -2.33. The van der Waals surface area contributed by atoms with E-state index in [0.29, 0.717) is 53.4 Å². The van der Waals surface area contributed by atoms with Crippen molar-refractivity contribution in [2.75, 3.05) is 26.2 Å². The minimum absolute atomic E-state index is 0.0905. The SMILES string of the molecule is O=c1cc(CN2CCN(S(=O)(=O)c3cnc[nH]3)CC2)nc2sc(-c3ccc(Cl)cc3)nn12. The molecule has 4 aromatic rings. The van der Waals surface area contributed by atoms with Crippen LogP contribution in [0.4, 0.5) is 0 Å². The molecule has 0 amide bonds. The van der Waals surface area contributed by atoms with Gasteiger partial charge in [-0.1, -0.05) is 35.1 Å². The first-order valence-electron chi connectivity index (χ1n) is 9.77. The maximum Gasteiger partial charge on any atom is 0.275 e. The van der Waals surface area contributed by atoms with Crippen molar-refractivity contribution >= 4 is 37.9 Å². The highest BCUT2D eigenvalue weighted by Crippen LogP contribution is 2.25. The maximum atomic E-state index is 12.6. The minimum Gasteiger partial charge on any atom is -0.335 e. The smallest absolute Gasteiger partial charge is 0.275 e. The Balaban J connectivity index is 1.31. The Morgan fingerprint density at radius 2 is 1.88 bits per heavy atom. The molecule has 32 heavy (non-hydrogen) atoms. The van der Waals surface area contributed by atoms with Crippen LogP contribution in [-0.4, -0.2) is 68.4 Å². The van der Waals surface area contributed by atoms with Crippen LogP contribution in [0, 0.1) is 0 Å². The number of sulfonamides is 1. The molecule has 10 nitrogen and oxygen atoms in total. The number of halogens is 1. The molecule has 1 aromatic carbocycles. The van der Waals surface area contributed by atoms with Crippen molar-refractivity contribution in [3.05, 3.63) is 63.9 Å². The highest BCUT2D eigenvalue weighted by atomic mass is 35.5. The Kier molecular flexibility index (Phi) is 5.55. The number of nitrogens with zero attached hydrogens (tertiary/aromatic N) is 6. The normalized spacial score (nSPS) is 16.0. The Bertz CT molecular complexity index is 1410. The number of imidazole rings is 1. The summed E-state index contributed by atoms with van der Waals surface area (Å²) in [5, 5.41) is 5.79. The molecule has 0 atom stereocenters. The predicted octanol–water partition coefficient (Wildman–Crippen LogP) is 1.70.